The molecular weight excluding hydrogens is 294 g/mol. The maximum absolute atomic E-state index is 10.1. The van der Waals surface area contributed by atoms with E-state index in [1.54, 1.807) is 7.11 Å². The highest BCUT2D eigenvalue weighted by molar-refractivity contribution is 8.15. The lowest BCUT2D eigenvalue weighted by Crippen LogP contribution is -2.55. The van der Waals surface area contributed by atoms with E-state index in [2.05, 4.69) is 4.99 Å². The van der Waals surface area contributed by atoms with E-state index in [1.165, 1.54) is 11.8 Å². The Morgan fingerprint density at radius 1 is 1.24 bits per heavy atom. The zero-order valence-electron chi connectivity index (χ0n) is 11.4. The molecule has 7 heteroatoms. The Morgan fingerprint density at radius 2 is 1.95 bits per heavy atom. The molecule has 0 bridgehead atoms. The standard InChI is InChI=1S/C14H17NO5S/c1-19-8-4-2-7(3-5-8)13-15-10-12(18)11(17)9(6-16)20-14(10)21-13/h2-5,9-12,14,16-18H,6H2,1H3/t9-,10-,11-,12-,14-/m1/s1. The molecule has 5 atom stereocenters. The molecule has 114 valence electrons. The maximum atomic E-state index is 10.1. The predicted octanol–water partition coefficient (Wildman–Crippen LogP) is -0.00380. The molecule has 6 nitrogen and oxygen atoms in total. The van der Waals surface area contributed by atoms with Gasteiger partial charge in [-0.2, -0.15) is 0 Å². The minimum Gasteiger partial charge on any atom is -0.497 e. The summed E-state index contributed by atoms with van der Waals surface area (Å²) in [6.45, 7) is -0.333. The van der Waals surface area contributed by atoms with Crippen LogP contribution >= 0.6 is 11.8 Å². The lowest BCUT2D eigenvalue weighted by atomic mass is 9.99. The summed E-state index contributed by atoms with van der Waals surface area (Å²) in [5.41, 5.74) is 0.513. The van der Waals surface area contributed by atoms with Gasteiger partial charge in [0, 0.05) is 5.56 Å². The van der Waals surface area contributed by atoms with Crippen LogP contribution in [0.25, 0.3) is 0 Å². The Labute approximate surface area is 126 Å². The highest BCUT2D eigenvalue weighted by Gasteiger charge is 2.47. The first kappa shape index (κ1) is 14.8. The normalized spacial score (nSPS) is 35.2. The van der Waals surface area contributed by atoms with Crippen molar-refractivity contribution < 1.29 is 24.8 Å². The molecule has 2 heterocycles. The Morgan fingerprint density at radius 3 is 2.57 bits per heavy atom. The fourth-order valence-corrected chi connectivity index (χ4v) is 3.69. The predicted molar refractivity (Wildman–Crippen MR) is 78.7 cm³/mol. The van der Waals surface area contributed by atoms with E-state index in [4.69, 9.17) is 9.47 Å². The fourth-order valence-electron chi connectivity index (χ4n) is 2.45. The van der Waals surface area contributed by atoms with Crippen LogP contribution in [0.4, 0.5) is 0 Å². The molecule has 0 aliphatic carbocycles. The van der Waals surface area contributed by atoms with Crippen LogP contribution < -0.4 is 4.74 Å². The van der Waals surface area contributed by atoms with E-state index in [9.17, 15) is 15.3 Å². The average Bonchev–Trinajstić information content (AvgIpc) is 2.95. The summed E-state index contributed by atoms with van der Waals surface area (Å²) in [5.74, 6) is 0.756. The highest BCUT2D eigenvalue weighted by Crippen LogP contribution is 2.38. The van der Waals surface area contributed by atoms with Crippen LogP contribution in [0.3, 0.4) is 0 Å². The Hall–Kier alpha value is -1.12. The van der Waals surface area contributed by atoms with E-state index in [0.717, 1.165) is 16.4 Å². The topological polar surface area (TPSA) is 91.5 Å². The van der Waals surface area contributed by atoms with Gasteiger partial charge < -0.3 is 24.8 Å². The molecule has 0 saturated carbocycles. The maximum Gasteiger partial charge on any atom is 0.134 e. The van der Waals surface area contributed by atoms with Gasteiger partial charge in [-0.1, -0.05) is 11.8 Å². The van der Waals surface area contributed by atoms with Crippen LogP contribution in [0.1, 0.15) is 5.56 Å². The minimum absolute atomic E-state index is 0.333. The molecular formula is C14H17NO5S. The molecule has 2 aliphatic rings. The van der Waals surface area contributed by atoms with Crippen molar-refractivity contribution in [2.45, 2.75) is 29.8 Å². The van der Waals surface area contributed by atoms with Crippen LogP contribution in [-0.2, 0) is 4.74 Å². The number of hydrogen-bond donors (Lipinski definition) is 3. The fraction of sp³-hybridized carbons (Fsp3) is 0.500. The summed E-state index contributed by atoms with van der Waals surface area (Å²) < 4.78 is 10.7. The molecule has 0 unspecified atom stereocenters. The lowest BCUT2D eigenvalue weighted by Gasteiger charge is -2.37. The summed E-state index contributed by atoms with van der Waals surface area (Å²) in [4.78, 5) is 4.46. The van der Waals surface area contributed by atoms with Crippen LogP contribution in [0.2, 0.25) is 0 Å². The number of hydrogen-bond acceptors (Lipinski definition) is 7. The van der Waals surface area contributed by atoms with E-state index >= 15 is 0 Å². The number of methoxy groups -OCH3 is 1. The van der Waals surface area contributed by atoms with E-state index < -0.39 is 29.8 Å². The van der Waals surface area contributed by atoms with Crippen LogP contribution in [0.5, 0.6) is 5.75 Å². The largest absolute Gasteiger partial charge is 0.497 e. The first-order valence-corrected chi connectivity index (χ1v) is 7.53. The average molecular weight is 311 g/mol. The van der Waals surface area contributed by atoms with Gasteiger partial charge in [0.2, 0.25) is 0 Å². The van der Waals surface area contributed by atoms with Crippen molar-refractivity contribution in [3.05, 3.63) is 29.8 Å². The zero-order chi connectivity index (χ0) is 15.0. The van der Waals surface area contributed by atoms with Crippen molar-refractivity contribution in [1.82, 2.24) is 0 Å². The minimum atomic E-state index is -1.13. The first-order valence-electron chi connectivity index (χ1n) is 6.65. The third-order valence-corrected chi connectivity index (χ3v) is 4.87. The number of aliphatic hydroxyl groups excluding tert-OH is 3. The van der Waals surface area contributed by atoms with Gasteiger partial charge in [0.05, 0.1) is 13.7 Å². The van der Waals surface area contributed by atoms with E-state index in [-0.39, 0.29) is 6.61 Å². The second-order valence-electron chi connectivity index (χ2n) is 4.98. The molecule has 0 radical (unpaired) electrons. The summed E-state index contributed by atoms with van der Waals surface area (Å²) in [6.07, 6.45) is -2.95. The molecule has 2 aliphatic heterocycles. The molecule has 21 heavy (non-hydrogen) atoms. The molecule has 0 amide bonds. The Kier molecular flexibility index (Phi) is 4.19. The monoisotopic (exact) mass is 311 g/mol. The third kappa shape index (κ3) is 2.67. The number of benzene rings is 1. The summed E-state index contributed by atoms with van der Waals surface area (Å²) in [5, 5.41) is 29.9. The van der Waals surface area contributed by atoms with Gasteiger partial charge in [-0.25, -0.2) is 0 Å². The molecule has 0 aromatic heterocycles. The summed E-state index contributed by atoms with van der Waals surface area (Å²) in [7, 11) is 1.60. The number of rotatable bonds is 3. The van der Waals surface area contributed by atoms with Crippen molar-refractivity contribution in [3.63, 3.8) is 0 Å². The van der Waals surface area contributed by atoms with E-state index in [1.807, 2.05) is 24.3 Å². The first-order chi connectivity index (χ1) is 10.1. The molecule has 1 fully saturated rings. The molecule has 1 saturated heterocycles. The van der Waals surface area contributed by atoms with Crippen molar-refractivity contribution in [2.24, 2.45) is 4.99 Å². The van der Waals surface area contributed by atoms with Gasteiger partial charge in [0.15, 0.2) is 0 Å². The Balaban J connectivity index is 1.81. The number of ether oxygens (including phenoxy) is 2. The summed E-state index contributed by atoms with van der Waals surface area (Å²) in [6, 6.07) is 6.92. The second kappa shape index (κ2) is 5.94. The van der Waals surface area contributed by atoms with Crippen LogP contribution in [-0.4, -0.2) is 63.9 Å². The van der Waals surface area contributed by atoms with Gasteiger partial charge in [-0.3, -0.25) is 4.99 Å². The molecule has 1 aromatic carbocycles. The van der Waals surface area contributed by atoms with Crippen molar-refractivity contribution >= 4 is 16.8 Å². The second-order valence-corrected chi connectivity index (χ2v) is 6.06. The molecule has 3 N–H and O–H groups in total. The highest BCUT2D eigenvalue weighted by atomic mass is 32.2. The van der Waals surface area contributed by atoms with Gasteiger partial charge in [-0.05, 0) is 24.3 Å². The van der Waals surface area contributed by atoms with Gasteiger partial charge in [-0.15, -0.1) is 0 Å². The van der Waals surface area contributed by atoms with Gasteiger partial charge >= 0.3 is 0 Å². The third-order valence-electron chi connectivity index (χ3n) is 3.68. The van der Waals surface area contributed by atoms with Gasteiger partial charge in [0.25, 0.3) is 0 Å². The summed E-state index contributed by atoms with van der Waals surface area (Å²) >= 11 is 1.39. The lowest BCUT2D eigenvalue weighted by molar-refractivity contribution is -0.164. The van der Waals surface area contributed by atoms with Crippen molar-refractivity contribution in [1.29, 1.82) is 0 Å². The number of aliphatic hydroxyl groups is 3. The number of nitrogens with zero attached hydrogens (tertiary/aromatic N) is 1. The number of aliphatic imine (C=N–C) groups is 1. The molecule has 3 rings (SSSR count). The van der Waals surface area contributed by atoms with Crippen LogP contribution in [0.15, 0.2) is 29.3 Å². The zero-order valence-corrected chi connectivity index (χ0v) is 12.2. The molecule has 1 aromatic rings. The molecule has 0 spiro atoms. The van der Waals surface area contributed by atoms with E-state index in [0.29, 0.717) is 0 Å². The quantitative estimate of drug-likeness (QED) is 0.728. The Bertz CT molecular complexity index is 535. The van der Waals surface area contributed by atoms with Crippen LogP contribution in [0, 0.1) is 0 Å². The van der Waals surface area contributed by atoms with Crippen molar-refractivity contribution in [3.8, 4) is 5.75 Å². The van der Waals surface area contributed by atoms with Crippen molar-refractivity contribution in [2.75, 3.05) is 13.7 Å². The SMILES string of the molecule is COc1ccc(C2=N[C@@H]3[C@@H](O)[C@H](O)[C@@H](CO)O[C@@H]3S2)cc1. The number of thioether (sulfide) groups is 1. The smallest absolute Gasteiger partial charge is 0.134 e. The van der Waals surface area contributed by atoms with Gasteiger partial charge in [0.1, 0.15) is 40.6 Å². The number of fused-ring (bicyclic) bond motifs is 1.